The third-order valence-electron chi connectivity index (χ3n) is 5.52. The van der Waals surface area contributed by atoms with Gasteiger partial charge in [-0.1, -0.05) is 19.9 Å². The minimum atomic E-state index is -3.78. The summed E-state index contributed by atoms with van der Waals surface area (Å²) in [5.41, 5.74) is 1.74. The number of nitrogens with two attached hydrogens (primary N) is 1. The number of hydrogen-bond acceptors (Lipinski definition) is 5. The van der Waals surface area contributed by atoms with E-state index in [1.165, 1.54) is 24.3 Å². The van der Waals surface area contributed by atoms with Gasteiger partial charge in [-0.3, -0.25) is 9.59 Å². The second-order valence-corrected chi connectivity index (χ2v) is 9.62. The SMILES string of the molecule is CC(C)c1ccc(O)c(C(=O)N2CCC(C(=O)Nc3ccc(S(N)(=O)=O)cc3)CC2)c1. The predicted octanol–water partition coefficient (Wildman–Crippen LogP) is 2.65. The molecule has 8 nitrogen and oxygen atoms in total. The van der Waals surface area contributed by atoms with Gasteiger partial charge in [-0.25, -0.2) is 13.6 Å². The third-order valence-corrected chi connectivity index (χ3v) is 6.45. The molecular weight excluding hydrogens is 418 g/mol. The summed E-state index contributed by atoms with van der Waals surface area (Å²) in [7, 11) is -3.78. The molecule has 0 saturated carbocycles. The van der Waals surface area contributed by atoms with Gasteiger partial charge in [0.15, 0.2) is 0 Å². The van der Waals surface area contributed by atoms with Crippen LogP contribution in [0.1, 0.15) is 48.5 Å². The van der Waals surface area contributed by atoms with Crippen LogP contribution in [0.4, 0.5) is 5.69 Å². The predicted molar refractivity (Wildman–Crippen MR) is 117 cm³/mol. The molecule has 4 N–H and O–H groups in total. The number of aromatic hydroxyl groups is 1. The molecule has 1 aliphatic heterocycles. The lowest BCUT2D eigenvalue weighted by Crippen LogP contribution is -2.41. The standard InChI is InChI=1S/C22H27N3O5S/c1-14(2)16-3-8-20(26)19(13-16)22(28)25-11-9-15(10-12-25)21(27)24-17-4-6-18(7-5-17)31(23,29)30/h3-8,13-15,26H,9-12H2,1-2H3,(H,24,27)(H2,23,29,30). The van der Waals surface area contributed by atoms with Gasteiger partial charge in [-0.2, -0.15) is 0 Å². The summed E-state index contributed by atoms with van der Waals surface area (Å²) in [5.74, 6) is -0.493. The molecule has 31 heavy (non-hydrogen) atoms. The second-order valence-electron chi connectivity index (χ2n) is 8.06. The molecule has 0 aliphatic carbocycles. The van der Waals surface area contributed by atoms with Gasteiger partial charge in [0.05, 0.1) is 10.5 Å². The van der Waals surface area contributed by atoms with Crippen molar-refractivity contribution < 1.29 is 23.1 Å². The Balaban J connectivity index is 1.59. The number of carbonyl (C=O) groups excluding carboxylic acids is 2. The van der Waals surface area contributed by atoms with Crippen molar-refractivity contribution in [2.75, 3.05) is 18.4 Å². The molecule has 3 rings (SSSR count). The summed E-state index contributed by atoms with van der Waals surface area (Å²) in [6.45, 7) is 4.86. The summed E-state index contributed by atoms with van der Waals surface area (Å²) >= 11 is 0. The number of rotatable bonds is 5. The van der Waals surface area contributed by atoms with Crippen LogP contribution < -0.4 is 10.5 Å². The fourth-order valence-electron chi connectivity index (χ4n) is 3.57. The Labute approximate surface area is 182 Å². The maximum atomic E-state index is 12.9. The maximum absolute atomic E-state index is 12.9. The first-order valence-electron chi connectivity index (χ1n) is 10.1. The van der Waals surface area contributed by atoms with Crippen LogP contribution in [0.15, 0.2) is 47.4 Å². The van der Waals surface area contributed by atoms with Crippen molar-refractivity contribution in [1.82, 2.24) is 4.90 Å². The lowest BCUT2D eigenvalue weighted by atomic mass is 9.94. The molecule has 1 heterocycles. The quantitative estimate of drug-likeness (QED) is 0.651. The minimum Gasteiger partial charge on any atom is -0.507 e. The van der Waals surface area contributed by atoms with Crippen LogP contribution in [0.2, 0.25) is 0 Å². The fourth-order valence-corrected chi connectivity index (χ4v) is 4.09. The summed E-state index contributed by atoms with van der Waals surface area (Å²) < 4.78 is 22.6. The topological polar surface area (TPSA) is 130 Å². The molecule has 166 valence electrons. The average Bonchev–Trinajstić information content (AvgIpc) is 2.73. The van der Waals surface area contributed by atoms with Gasteiger partial charge in [0.2, 0.25) is 15.9 Å². The number of sulfonamides is 1. The number of piperidine rings is 1. The number of anilines is 1. The van der Waals surface area contributed by atoms with E-state index in [-0.39, 0.29) is 39.9 Å². The molecular formula is C22H27N3O5S. The van der Waals surface area contributed by atoms with Gasteiger partial charge >= 0.3 is 0 Å². The summed E-state index contributed by atoms with van der Waals surface area (Å²) in [6.07, 6.45) is 0.995. The van der Waals surface area contributed by atoms with Gasteiger partial charge in [0.1, 0.15) is 5.75 Å². The Morgan fingerprint density at radius 1 is 1.10 bits per heavy atom. The first-order chi connectivity index (χ1) is 14.6. The Hall–Kier alpha value is -2.91. The van der Waals surface area contributed by atoms with E-state index in [9.17, 15) is 23.1 Å². The number of likely N-dealkylation sites (tertiary alicyclic amines) is 1. The average molecular weight is 446 g/mol. The molecule has 1 saturated heterocycles. The van der Waals surface area contributed by atoms with E-state index in [1.54, 1.807) is 17.0 Å². The molecule has 1 fully saturated rings. The molecule has 0 unspecified atom stereocenters. The highest BCUT2D eigenvalue weighted by Crippen LogP contribution is 2.27. The molecule has 2 aromatic rings. The zero-order chi connectivity index (χ0) is 22.8. The molecule has 0 radical (unpaired) electrons. The van der Waals surface area contributed by atoms with Crippen molar-refractivity contribution >= 4 is 27.5 Å². The number of phenols is 1. The van der Waals surface area contributed by atoms with Crippen molar-refractivity contribution in [3.63, 3.8) is 0 Å². The van der Waals surface area contributed by atoms with Crippen molar-refractivity contribution in [3.8, 4) is 5.75 Å². The number of nitrogens with one attached hydrogen (secondary N) is 1. The Morgan fingerprint density at radius 3 is 2.26 bits per heavy atom. The molecule has 0 atom stereocenters. The summed E-state index contributed by atoms with van der Waals surface area (Å²) in [4.78, 5) is 27.1. The second kappa shape index (κ2) is 9.07. The van der Waals surface area contributed by atoms with Crippen LogP contribution in [0, 0.1) is 5.92 Å². The largest absolute Gasteiger partial charge is 0.507 e. The number of benzene rings is 2. The number of hydrogen-bond donors (Lipinski definition) is 3. The first-order valence-corrected chi connectivity index (χ1v) is 11.7. The van der Waals surface area contributed by atoms with Crippen molar-refractivity contribution in [1.29, 1.82) is 0 Å². The van der Waals surface area contributed by atoms with E-state index in [4.69, 9.17) is 5.14 Å². The molecule has 9 heteroatoms. The Morgan fingerprint density at radius 2 is 1.71 bits per heavy atom. The van der Waals surface area contributed by atoms with Gasteiger partial charge in [0, 0.05) is 24.7 Å². The highest BCUT2D eigenvalue weighted by molar-refractivity contribution is 7.89. The molecule has 0 bridgehead atoms. The highest BCUT2D eigenvalue weighted by Gasteiger charge is 2.29. The molecule has 0 aromatic heterocycles. The number of phenolic OH excluding ortho intramolecular Hbond substituents is 1. The lowest BCUT2D eigenvalue weighted by molar-refractivity contribution is -0.121. The highest BCUT2D eigenvalue weighted by atomic mass is 32.2. The van der Waals surface area contributed by atoms with E-state index >= 15 is 0 Å². The summed E-state index contributed by atoms with van der Waals surface area (Å²) in [5, 5.41) is 18.0. The maximum Gasteiger partial charge on any atom is 0.257 e. The zero-order valence-electron chi connectivity index (χ0n) is 17.5. The van der Waals surface area contributed by atoms with Crippen LogP contribution in [0.3, 0.4) is 0 Å². The molecule has 2 aromatic carbocycles. The van der Waals surface area contributed by atoms with Gasteiger partial charge in [0.25, 0.3) is 5.91 Å². The van der Waals surface area contributed by atoms with Gasteiger partial charge in [-0.15, -0.1) is 0 Å². The van der Waals surface area contributed by atoms with E-state index in [0.717, 1.165) is 5.56 Å². The number of primary sulfonamides is 1. The van der Waals surface area contributed by atoms with E-state index in [0.29, 0.717) is 31.6 Å². The minimum absolute atomic E-state index is 0.0258. The molecule has 1 aliphatic rings. The zero-order valence-corrected chi connectivity index (χ0v) is 18.4. The van der Waals surface area contributed by atoms with Crippen molar-refractivity contribution in [2.24, 2.45) is 11.1 Å². The molecule has 0 spiro atoms. The number of nitrogens with zero attached hydrogens (tertiary/aromatic N) is 1. The van der Waals surface area contributed by atoms with Crippen molar-refractivity contribution in [2.45, 2.75) is 37.5 Å². The lowest BCUT2D eigenvalue weighted by Gasteiger charge is -2.31. The first kappa shape index (κ1) is 22.8. The third kappa shape index (κ3) is 5.42. The normalized spacial score (nSPS) is 15.2. The monoisotopic (exact) mass is 445 g/mol. The number of carbonyl (C=O) groups is 2. The van der Waals surface area contributed by atoms with Gasteiger partial charge < -0.3 is 15.3 Å². The fraction of sp³-hybridized carbons (Fsp3) is 0.364. The van der Waals surface area contributed by atoms with Crippen LogP contribution in [-0.4, -0.2) is 43.3 Å². The number of amides is 2. The Bertz CT molecular complexity index is 1070. The van der Waals surface area contributed by atoms with E-state index in [1.807, 2.05) is 19.9 Å². The van der Waals surface area contributed by atoms with Crippen LogP contribution in [0.5, 0.6) is 5.75 Å². The van der Waals surface area contributed by atoms with Crippen LogP contribution in [0.25, 0.3) is 0 Å². The van der Waals surface area contributed by atoms with E-state index in [2.05, 4.69) is 5.32 Å². The van der Waals surface area contributed by atoms with Crippen LogP contribution in [-0.2, 0) is 14.8 Å². The van der Waals surface area contributed by atoms with Crippen molar-refractivity contribution in [3.05, 3.63) is 53.6 Å². The van der Waals surface area contributed by atoms with E-state index < -0.39 is 10.0 Å². The summed E-state index contributed by atoms with van der Waals surface area (Å²) in [6, 6.07) is 10.7. The smallest absolute Gasteiger partial charge is 0.257 e. The van der Waals surface area contributed by atoms with Gasteiger partial charge in [-0.05, 0) is 60.7 Å². The van der Waals surface area contributed by atoms with Crippen LogP contribution >= 0.6 is 0 Å². The molecule has 2 amide bonds. The Kier molecular flexibility index (Phi) is 6.66.